The minimum atomic E-state index is -4.07. The predicted octanol–water partition coefficient (Wildman–Crippen LogP) is 4.64. The number of fused-ring (bicyclic) bond motifs is 1. The molecule has 0 N–H and O–H groups in total. The molecule has 0 saturated heterocycles. The molecule has 3 aromatic rings. The van der Waals surface area contributed by atoms with Gasteiger partial charge in [-0.25, -0.2) is 0 Å². The Labute approximate surface area is 191 Å². The molecule has 0 amide bonds. The maximum atomic E-state index is 12.6. The summed E-state index contributed by atoms with van der Waals surface area (Å²) in [5.41, 5.74) is 1.17. The van der Waals surface area contributed by atoms with Gasteiger partial charge in [0, 0.05) is 11.6 Å². The molecule has 0 bridgehead atoms. The number of ketones is 1. The molecule has 4 rings (SSSR count). The first-order chi connectivity index (χ1) is 15.9. The summed E-state index contributed by atoms with van der Waals surface area (Å²) < 4.78 is 46.3. The van der Waals surface area contributed by atoms with E-state index < -0.39 is 10.1 Å². The highest BCUT2D eigenvalue weighted by Crippen LogP contribution is 2.35. The molecule has 0 spiro atoms. The van der Waals surface area contributed by atoms with Gasteiger partial charge < -0.3 is 18.4 Å². The Balaban J connectivity index is 1.51. The molecular weight excluding hydrogens is 444 g/mol. The van der Waals surface area contributed by atoms with E-state index in [-0.39, 0.29) is 27.9 Å². The van der Waals surface area contributed by atoms with E-state index in [4.69, 9.17) is 18.4 Å². The van der Waals surface area contributed by atoms with Crippen molar-refractivity contribution in [2.45, 2.75) is 4.90 Å². The Kier molecular flexibility index (Phi) is 6.19. The van der Waals surface area contributed by atoms with Crippen molar-refractivity contribution in [3.05, 3.63) is 95.8 Å². The number of carbonyl (C=O) groups is 1. The van der Waals surface area contributed by atoms with E-state index in [0.29, 0.717) is 17.1 Å². The highest BCUT2D eigenvalue weighted by molar-refractivity contribution is 7.87. The zero-order valence-corrected chi connectivity index (χ0v) is 18.7. The second-order valence-corrected chi connectivity index (χ2v) is 8.48. The smallest absolute Gasteiger partial charge is 0.339 e. The van der Waals surface area contributed by atoms with E-state index in [1.54, 1.807) is 25.3 Å². The maximum Gasteiger partial charge on any atom is 0.339 e. The second kappa shape index (κ2) is 9.22. The topological polar surface area (TPSA) is 88.1 Å². The van der Waals surface area contributed by atoms with Gasteiger partial charge in [-0.15, -0.1) is 0 Å². The molecule has 0 unspecified atom stereocenters. The van der Waals surface area contributed by atoms with Gasteiger partial charge in [-0.2, -0.15) is 8.42 Å². The lowest BCUT2D eigenvalue weighted by Crippen LogP contribution is -2.09. The summed E-state index contributed by atoms with van der Waals surface area (Å²) in [6.45, 7) is 0. The second-order valence-electron chi connectivity index (χ2n) is 6.93. The fourth-order valence-corrected chi connectivity index (χ4v) is 4.12. The Bertz CT molecular complexity index is 1350. The van der Waals surface area contributed by atoms with Crippen LogP contribution in [0.15, 0.2) is 89.5 Å². The van der Waals surface area contributed by atoms with E-state index in [9.17, 15) is 13.2 Å². The van der Waals surface area contributed by atoms with Crippen LogP contribution in [0.5, 0.6) is 23.0 Å². The molecule has 1 aliphatic heterocycles. The minimum absolute atomic E-state index is 0.0251. The van der Waals surface area contributed by atoms with Crippen LogP contribution >= 0.6 is 0 Å². The minimum Gasteiger partial charge on any atom is -0.497 e. The monoisotopic (exact) mass is 464 g/mol. The van der Waals surface area contributed by atoms with Crippen molar-refractivity contribution in [2.75, 3.05) is 14.2 Å². The molecule has 3 aromatic carbocycles. The number of methoxy groups -OCH3 is 2. The number of para-hydroxylation sites is 1. The lowest BCUT2D eigenvalue weighted by Gasteiger charge is -2.08. The average Bonchev–Trinajstić information content (AvgIpc) is 3.13. The van der Waals surface area contributed by atoms with Gasteiger partial charge in [0.2, 0.25) is 5.78 Å². The van der Waals surface area contributed by atoms with Crippen LogP contribution in [-0.2, 0) is 10.1 Å². The summed E-state index contributed by atoms with van der Waals surface area (Å²) >= 11 is 0. The van der Waals surface area contributed by atoms with E-state index in [0.717, 1.165) is 5.56 Å². The first-order valence-corrected chi connectivity index (χ1v) is 11.3. The molecule has 1 heterocycles. The van der Waals surface area contributed by atoms with Crippen LogP contribution < -0.4 is 18.4 Å². The number of Topliss-reactive ketones (excluding diaryl/α,β-unsaturated/α-hetero) is 1. The number of benzene rings is 3. The highest BCUT2D eigenvalue weighted by atomic mass is 32.2. The Hall–Kier alpha value is -4.04. The number of hydrogen-bond donors (Lipinski definition) is 0. The van der Waals surface area contributed by atoms with Gasteiger partial charge in [0.05, 0.1) is 19.8 Å². The van der Waals surface area contributed by atoms with Crippen molar-refractivity contribution >= 4 is 22.0 Å². The van der Waals surface area contributed by atoms with Gasteiger partial charge in [0.15, 0.2) is 5.76 Å². The van der Waals surface area contributed by atoms with Crippen LogP contribution in [0.1, 0.15) is 15.9 Å². The third-order valence-electron chi connectivity index (χ3n) is 4.86. The number of carbonyl (C=O) groups excluding carboxylic acids is 1. The van der Waals surface area contributed by atoms with E-state index in [1.807, 2.05) is 24.3 Å². The van der Waals surface area contributed by atoms with Gasteiger partial charge in [-0.05, 0) is 48.5 Å². The zero-order valence-electron chi connectivity index (χ0n) is 17.8. The van der Waals surface area contributed by atoms with Crippen molar-refractivity contribution in [3.63, 3.8) is 0 Å². The van der Waals surface area contributed by atoms with Crippen molar-refractivity contribution in [1.29, 1.82) is 0 Å². The van der Waals surface area contributed by atoms with Gasteiger partial charge in [0.25, 0.3) is 0 Å². The SMILES string of the molecule is COc1ccc(S(=O)(=O)Oc2ccc3c(c2)O/C(=C\C=C\c2ccccc2OC)C3=O)cc1. The summed E-state index contributed by atoms with van der Waals surface area (Å²) in [5.74, 6) is 1.29. The summed E-state index contributed by atoms with van der Waals surface area (Å²) in [4.78, 5) is 12.6. The molecule has 0 atom stereocenters. The Morgan fingerprint density at radius 3 is 2.33 bits per heavy atom. The largest absolute Gasteiger partial charge is 0.497 e. The molecule has 0 fully saturated rings. The highest BCUT2D eigenvalue weighted by Gasteiger charge is 2.28. The molecule has 0 radical (unpaired) electrons. The van der Waals surface area contributed by atoms with Gasteiger partial charge in [-0.3, -0.25) is 4.79 Å². The number of ether oxygens (including phenoxy) is 3. The van der Waals surface area contributed by atoms with Crippen molar-refractivity contribution in [3.8, 4) is 23.0 Å². The van der Waals surface area contributed by atoms with Gasteiger partial charge >= 0.3 is 10.1 Å². The molecule has 0 aromatic heterocycles. The molecule has 0 aliphatic carbocycles. The molecule has 0 saturated carbocycles. The zero-order chi connectivity index (χ0) is 23.4. The molecule has 1 aliphatic rings. The Morgan fingerprint density at radius 2 is 1.61 bits per heavy atom. The van der Waals surface area contributed by atoms with E-state index in [2.05, 4.69) is 0 Å². The lowest BCUT2D eigenvalue weighted by atomic mass is 10.1. The van der Waals surface area contributed by atoms with Crippen molar-refractivity contribution < 1.29 is 31.6 Å². The first-order valence-electron chi connectivity index (χ1n) is 9.88. The van der Waals surface area contributed by atoms with Crippen LogP contribution in [0.3, 0.4) is 0 Å². The first kappa shape index (κ1) is 22.2. The molecule has 168 valence electrons. The molecular formula is C25H20O7S. The standard InChI is InChI=1S/C25H20O7S/c1-29-18-10-13-20(14-11-18)33(27,28)32-19-12-15-21-24(16-19)31-23(25(21)26)9-5-7-17-6-3-4-8-22(17)30-2/h3-16H,1-2H3/b7-5+,23-9-. The Morgan fingerprint density at radius 1 is 0.879 bits per heavy atom. The molecule has 7 nitrogen and oxygen atoms in total. The average molecular weight is 464 g/mol. The van der Waals surface area contributed by atoms with E-state index in [1.165, 1.54) is 49.6 Å². The molecule has 33 heavy (non-hydrogen) atoms. The normalized spacial score (nSPS) is 14.2. The fraction of sp³-hybridized carbons (Fsp3) is 0.0800. The number of allylic oxidation sites excluding steroid dienone is 3. The van der Waals surface area contributed by atoms with Crippen LogP contribution in [-0.4, -0.2) is 28.4 Å². The summed E-state index contributed by atoms with van der Waals surface area (Å²) in [5, 5.41) is 0. The summed E-state index contributed by atoms with van der Waals surface area (Å²) in [7, 11) is -0.996. The van der Waals surface area contributed by atoms with Crippen molar-refractivity contribution in [2.24, 2.45) is 0 Å². The van der Waals surface area contributed by atoms with Crippen LogP contribution in [0, 0.1) is 0 Å². The van der Waals surface area contributed by atoms with Crippen LogP contribution in [0.2, 0.25) is 0 Å². The maximum absolute atomic E-state index is 12.6. The third kappa shape index (κ3) is 4.75. The lowest BCUT2D eigenvalue weighted by molar-refractivity contribution is 0.101. The summed E-state index contributed by atoms with van der Waals surface area (Å²) in [6.07, 6.45) is 5.02. The van der Waals surface area contributed by atoms with Crippen molar-refractivity contribution in [1.82, 2.24) is 0 Å². The third-order valence-corrected chi connectivity index (χ3v) is 6.12. The fourth-order valence-electron chi connectivity index (χ4n) is 3.19. The van der Waals surface area contributed by atoms with Gasteiger partial charge in [-0.1, -0.05) is 30.4 Å². The number of hydrogen-bond acceptors (Lipinski definition) is 7. The van der Waals surface area contributed by atoms with E-state index >= 15 is 0 Å². The quantitative estimate of drug-likeness (QED) is 0.372. The van der Waals surface area contributed by atoms with Crippen LogP contribution in [0.25, 0.3) is 6.08 Å². The summed E-state index contributed by atoms with van der Waals surface area (Å²) in [6, 6.07) is 17.5. The predicted molar refractivity (Wildman–Crippen MR) is 122 cm³/mol. The van der Waals surface area contributed by atoms with Crippen LogP contribution in [0.4, 0.5) is 0 Å². The number of rotatable bonds is 7. The van der Waals surface area contributed by atoms with Gasteiger partial charge in [0.1, 0.15) is 27.9 Å². The molecule has 8 heteroatoms.